The normalized spacial score (nSPS) is 12.5. The SMILES string of the molecule is Cc1cc(I)ccc1NC(=O)CN(C)CCC(C)O. The molecule has 1 atom stereocenters. The number of aryl methyl sites for hydroxylation is 1. The Morgan fingerprint density at radius 1 is 1.53 bits per heavy atom. The van der Waals surface area contributed by atoms with Crippen molar-refractivity contribution in [2.24, 2.45) is 0 Å². The molecule has 0 radical (unpaired) electrons. The maximum atomic E-state index is 11.9. The van der Waals surface area contributed by atoms with E-state index in [9.17, 15) is 9.90 Å². The summed E-state index contributed by atoms with van der Waals surface area (Å²) < 4.78 is 1.15. The fourth-order valence-electron chi connectivity index (χ4n) is 1.69. The topological polar surface area (TPSA) is 52.6 Å². The molecule has 0 saturated heterocycles. The lowest BCUT2D eigenvalue weighted by Crippen LogP contribution is -2.32. The highest BCUT2D eigenvalue weighted by Crippen LogP contribution is 2.17. The van der Waals surface area contributed by atoms with Crippen LogP contribution in [0, 0.1) is 10.5 Å². The molecule has 0 spiro atoms. The van der Waals surface area contributed by atoms with E-state index in [1.807, 2.05) is 37.1 Å². The van der Waals surface area contributed by atoms with Gasteiger partial charge >= 0.3 is 0 Å². The molecule has 0 aliphatic carbocycles. The lowest BCUT2D eigenvalue weighted by molar-refractivity contribution is -0.117. The molecule has 1 aromatic carbocycles. The van der Waals surface area contributed by atoms with Gasteiger partial charge in [-0.1, -0.05) is 0 Å². The van der Waals surface area contributed by atoms with Crippen molar-refractivity contribution in [3.8, 4) is 0 Å². The van der Waals surface area contributed by atoms with Crippen LogP contribution in [0.25, 0.3) is 0 Å². The van der Waals surface area contributed by atoms with Gasteiger partial charge in [0, 0.05) is 15.8 Å². The van der Waals surface area contributed by atoms with E-state index in [2.05, 4.69) is 27.9 Å². The van der Waals surface area contributed by atoms with Crippen molar-refractivity contribution >= 4 is 34.2 Å². The van der Waals surface area contributed by atoms with Crippen molar-refractivity contribution in [2.45, 2.75) is 26.4 Å². The van der Waals surface area contributed by atoms with Gasteiger partial charge in [0.05, 0.1) is 12.6 Å². The number of likely N-dealkylation sites (N-methyl/N-ethyl adjacent to an activating group) is 1. The minimum Gasteiger partial charge on any atom is -0.393 e. The van der Waals surface area contributed by atoms with Crippen LogP contribution < -0.4 is 5.32 Å². The zero-order valence-corrected chi connectivity index (χ0v) is 13.8. The van der Waals surface area contributed by atoms with E-state index in [0.29, 0.717) is 19.5 Å². The number of nitrogens with one attached hydrogen (secondary N) is 1. The van der Waals surface area contributed by atoms with Crippen molar-refractivity contribution in [2.75, 3.05) is 25.5 Å². The quantitative estimate of drug-likeness (QED) is 0.749. The molecule has 0 bridgehead atoms. The van der Waals surface area contributed by atoms with Crippen LogP contribution in [-0.2, 0) is 4.79 Å². The number of halogens is 1. The summed E-state index contributed by atoms with van der Waals surface area (Å²) in [6.07, 6.45) is 0.343. The van der Waals surface area contributed by atoms with E-state index in [1.165, 1.54) is 0 Å². The summed E-state index contributed by atoms with van der Waals surface area (Å²) in [5.41, 5.74) is 1.92. The van der Waals surface area contributed by atoms with Crippen LogP contribution in [0.15, 0.2) is 18.2 Å². The van der Waals surface area contributed by atoms with E-state index in [-0.39, 0.29) is 12.0 Å². The molecular formula is C14H21IN2O2. The summed E-state index contributed by atoms with van der Waals surface area (Å²) >= 11 is 2.25. The third-order valence-electron chi connectivity index (χ3n) is 2.80. The average Bonchev–Trinajstić information content (AvgIpc) is 2.30. The van der Waals surface area contributed by atoms with Gasteiger partial charge in [-0.2, -0.15) is 0 Å². The minimum atomic E-state index is -0.330. The lowest BCUT2D eigenvalue weighted by Gasteiger charge is -2.17. The van der Waals surface area contributed by atoms with Gasteiger partial charge in [0.1, 0.15) is 0 Å². The van der Waals surface area contributed by atoms with E-state index in [1.54, 1.807) is 6.92 Å². The Labute approximate surface area is 128 Å². The lowest BCUT2D eigenvalue weighted by atomic mass is 10.2. The first-order chi connectivity index (χ1) is 8.88. The molecule has 0 aromatic heterocycles. The monoisotopic (exact) mass is 376 g/mol. The smallest absolute Gasteiger partial charge is 0.238 e. The van der Waals surface area contributed by atoms with E-state index in [4.69, 9.17) is 0 Å². The molecular weight excluding hydrogens is 355 g/mol. The summed E-state index contributed by atoms with van der Waals surface area (Å²) in [6, 6.07) is 5.93. The third-order valence-corrected chi connectivity index (χ3v) is 3.48. The molecule has 5 heteroatoms. The number of rotatable bonds is 6. The van der Waals surface area contributed by atoms with Gasteiger partial charge in [0.15, 0.2) is 0 Å². The van der Waals surface area contributed by atoms with Crippen LogP contribution in [-0.4, -0.2) is 42.2 Å². The number of aliphatic hydroxyl groups excluding tert-OH is 1. The first-order valence-corrected chi connectivity index (χ1v) is 7.39. The molecule has 1 rings (SSSR count). The van der Waals surface area contributed by atoms with Crippen LogP contribution in [0.2, 0.25) is 0 Å². The van der Waals surface area contributed by atoms with E-state index < -0.39 is 0 Å². The van der Waals surface area contributed by atoms with Gasteiger partial charge in [0.25, 0.3) is 0 Å². The Hall–Kier alpha value is -0.660. The molecule has 19 heavy (non-hydrogen) atoms. The Morgan fingerprint density at radius 2 is 2.21 bits per heavy atom. The first kappa shape index (κ1) is 16.4. The standard InChI is InChI=1S/C14H21IN2O2/c1-10-8-12(15)4-5-13(10)16-14(19)9-17(3)7-6-11(2)18/h4-5,8,11,18H,6-7,9H2,1-3H3,(H,16,19). The number of nitrogens with zero attached hydrogens (tertiary/aromatic N) is 1. The number of carbonyl (C=O) groups excluding carboxylic acids is 1. The predicted molar refractivity (Wildman–Crippen MR) is 86.3 cm³/mol. The highest BCUT2D eigenvalue weighted by Gasteiger charge is 2.09. The molecule has 0 heterocycles. The molecule has 4 nitrogen and oxygen atoms in total. The highest BCUT2D eigenvalue weighted by molar-refractivity contribution is 14.1. The molecule has 0 aliphatic heterocycles. The van der Waals surface area contributed by atoms with Gasteiger partial charge in [-0.05, 0) is 73.7 Å². The number of benzene rings is 1. The molecule has 0 fully saturated rings. The van der Waals surface area contributed by atoms with Gasteiger partial charge in [-0.3, -0.25) is 9.69 Å². The van der Waals surface area contributed by atoms with Gasteiger partial charge in [-0.15, -0.1) is 0 Å². The van der Waals surface area contributed by atoms with E-state index in [0.717, 1.165) is 14.8 Å². The summed E-state index contributed by atoms with van der Waals surface area (Å²) in [4.78, 5) is 13.8. The number of aliphatic hydroxyl groups is 1. The molecule has 0 saturated carbocycles. The number of carbonyl (C=O) groups is 1. The molecule has 0 aliphatic rings. The van der Waals surface area contributed by atoms with Gasteiger partial charge in [-0.25, -0.2) is 0 Å². The van der Waals surface area contributed by atoms with Crippen LogP contribution in [0.4, 0.5) is 5.69 Å². The molecule has 2 N–H and O–H groups in total. The third kappa shape index (κ3) is 6.35. The Kier molecular flexibility index (Phi) is 6.74. The number of anilines is 1. The molecule has 1 amide bonds. The Bertz CT molecular complexity index is 435. The summed E-state index contributed by atoms with van der Waals surface area (Å²) in [6.45, 7) is 4.77. The second-order valence-electron chi connectivity index (χ2n) is 4.88. The van der Waals surface area contributed by atoms with Crippen molar-refractivity contribution in [3.05, 3.63) is 27.3 Å². The fourth-order valence-corrected chi connectivity index (χ4v) is 2.34. The summed E-state index contributed by atoms with van der Waals surface area (Å²) in [7, 11) is 1.88. The van der Waals surface area contributed by atoms with Crippen molar-refractivity contribution < 1.29 is 9.90 Å². The van der Waals surface area contributed by atoms with Crippen molar-refractivity contribution in [1.29, 1.82) is 0 Å². The number of hydrogen-bond donors (Lipinski definition) is 2. The molecule has 106 valence electrons. The maximum Gasteiger partial charge on any atom is 0.238 e. The van der Waals surface area contributed by atoms with Crippen LogP contribution >= 0.6 is 22.6 Å². The minimum absolute atomic E-state index is 0.0302. The average molecular weight is 376 g/mol. The zero-order valence-electron chi connectivity index (χ0n) is 11.6. The summed E-state index contributed by atoms with van der Waals surface area (Å²) in [5.74, 6) is -0.0302. The Morgan fingerprint density at radius 3 is 2.79 bits per heavy atom. The van der Waals surface area contributed by atoms with Gasteiger partial charge < -0.3 is 10.4 Å². The maximum absolute atomic E-state index is 11.9. The first-order valence-electron chi connectivity index (χ1n) is 6.31. The van der Waals surface area contributed by atoms with Crippen LogP contribution in [0.3, 0.4) is 0 Å². The largest absolute Gasteiger partial charge is 0.393 e. The van der Waals surface area contributed by atoms with Crippen LogP contribution in [0.1, 0.15) is 18.9 Å². The predicted octanol–water partition coefficient (Wildman–Crippen LogP) is 2.24. The highest BCUT2D eigenvalue weighted by atomic mass is 127. The molecule has 1 aromatic rings. The van der Waals surface area contributed by atoms with Gasteiger partial charge in [0.2, 0.25) is 5.91 Å². The Balaban J connectivity index is 2.46. The zero-order chi connectivity index (χ0) is 14.4. The second kappa shape index (κ2) is 7.81. The number of amides is 1. The van der Waals surface area contributed by atoms with Crippen molar-refractivity contribution in [1.82, 2.24) is 4.90 Å². The summed E-state index contributed by atoms with van der Waals surface area (Å²) in [5, 5.41) is 12.1. The second-order valence-corrected chi connectivity index (χ2v) is 6.13. The van der Waals surface area contributed by atoms with E-state index >= 15 is 0 Å². The van der Waals surface area contributed by atoms with Crippen LogP contribution in [0.5, 0.6) is 0 Å². The fraction of sp³-hybridized carbons (Fsp3) is 0.500. The number of hydrogen-bond acceptors (Lipinski definition) is 3. The molecule has 1 unspecified atom stereocenters. The van der Waals surface area contributed by atoms with Crippen molar-refractivity contribution in [3.63, 3.8) is 0 Å².